The maximum Gasteiger partial charge on any atom is 0.123 e. The monoisotopic (exact) mass is 366 g/mol. The van der Waals surface area contributed by atoms with Crippen molar-refractivity contribution in [1.29, 1.82) is 0 Å². The van der Waals surface area contributed by atoms with Gasteiger partial charge in [0.05, 0.1) is 25.5 Å². The summed E-state index contributed by atoms with van der Waals surface area (Å²) < 4.78 is 11.2. The summed E-state index contributed by atoms with van der Waals surface area (Å²) in [5.41, 5.74) is 3.50. The minimum absolute atomic E-state index is 0.143. The first-order valence-electron chi connectivity index (χ1n) is 8.79. The summed E-state index contributed by atoms with van der Waals surface area (Å²) in [5.74, 6) is 0.866. The summed E-state index contributed by atoms with van der Waals surface area (Å²) in [6, 6.07) is 18.5. The van der Waals surface area contributed by atoms with Crippen molar-refractivity contribution in [2.75, 3.05) is 26.8 Å². The predicted molar refractivity (Wildman–Crippen MR) is 105 cm³/mol. The van der Waals surface area contributed by atoms with Gasteiger partial charge in [-0.3, -0.25) is 4.90 Å². The van der Waals surface area contributed by atoms with Crippen LogP contribution in [0.15, 0.2) is 60.0 Å². The number of methoxy groups -OCH3 is 1. The number of nitrogens with zero attached hydrogens (tertiary/aromatic N) is 2. The summed E-state index contributed by atoms with van der Waals surface area (Å²) in [4.78, 5) is 7.25. The number of benzene rings is 2. The molecule has 1 aliphatic heterocycles. The summed E-state index contributed by atoms with van der Waals surface area (Å²) in [7, 11) is 1.68. The molecule has 0 saturated carbocycles. The first-order valence-corrected chi connectivity index (χ1v) is 9.67. The molecule has 1 aliphatic rings. The van der Waals surface area contributed by atoms with Crippen LogP contribution in [0, 0.1) is 0 Å². The molecule has 1 saturated heterocycles. The summed E-state index contributed by atoms with van der Waals surface area (Å²) in [6.07, 6.45) is 0.143. The van der Waals surface area contributed by atoms with E-state index in [1.54, 1.807) is 18.4 Å². The largest absolute Gasteiger partial charge is 0.497 e. The fraction of sp³-hybridized carbons (Fsp3) is 0.286. The number of hydrogen-bond acceptors (Lipinski definition) is 5. The van der Waals surface area contributed by atoms with Crippen LogP contribution in [0.4, 0.5) is 0 Å². The summed E-state index contributed by atoms with van der Waals surface area (Å²) in [6.45, 7) is 3.46. The van der Waals surface area contributed by atoms with E-state index in [2.05, 4.69) is 46.7 Å². The molecule has 1 atom stereocenters. The molecule has 1 unspecified atom stereocenters. The molecule has 2 heterocycles. The van der Waals surface area contributed by atoms with E-state index >= 15 is 0 Å². The van der Waals surface area contributed by atoms with Gasteiger partial charge in [0.1, 0.15) is 10.8 Å². The van der Waals surface area contributed by atoms with Gasteiger partial charge in [0.2, 0.25) is 0 Å². The molecule has 0 amide bonds. The molecule has 2 aromatic carbocycles. The van der Waals surface area contributed by atoms with Gasteiger partial charge >= 0.3 is 0 Å². The van der Waals surface area contributed by atoms with Crippen molar-refractivity contribution in [2.24, 2.45) is 0 Å². The zero-order chi connectivity index (χ0) is 17.8. The van der Waals surface area contributed by atoms with Crippen molar-refractivity contribution in [3.05, 3.63) is 71.2 Å². The van der Waals surface area contributed by atoms with Crippen LogP contribution in [0.1, 0.15) is 17.4 Å². The highest BCUT2D eigenvalue weighted by molar-refractivity contribution is 7.13. The number of thiazole rings is 1. The van der Waals surface area contributed by atoms with Gasteiger partial charge in [-0.15, -0.1) is 11.3 Å². The molecule has 3 aromatic rings. The van der Waals surface area contributed by atoms with Gasteiger partial charge in [-0.25, -0.2) is 4.98 Å². The molecule has 1 fully saturated rings. The van der Waals surface area contributed by atoms with Gasteiger partial charge in [-0.2, -0.15) is 0 Å². The topological polar surface area (TPSA) is 34.6 Å². The van der Waals surface area contributed by atoms with Crippen molar-refractivity contribution in [3.63, 3.8) is 0 Å². The Morgan fingerprint density at radius 1 is 1.15 bits per heavy atom. The Morgan fingerprint density at radius 3 is 2.73 bits per heavy atom. The number of ether oxygens (including phenoxy) is 2. The number of hydrogen-bond donors (Lipinski definition) is 0. The standard InChI is InChI=1S/C21H22N2O2S/c1-24-19-9-7-17(8-10-19)21-22-18(15-26-21)13-23-11-12-25-20(14-23)16-5-3-2-4-6-16/h2-10,15,20H,11-14H2,1H3. The molecule has 1 aromatic heterocycles. The second-order valence-corrected chi connectivity index (χ2v) is 7.24. The fourth-order valence-corrected chi connectivity index (χ4v) is 4.01. The van der Waals surface area contributed by atoms with Crippen LogP contribution < -0.4 is 4.74 Å². The lowest BCUT2D eigenvalue weighted by atomic mass is 10.1. The van der Waals surface area contributed by atoms with Crippen LogP contribution in [-0.2, 0) is 11.3 Å². The molecule has 0 spiro atoms. The smallest absolute Gasteiger partial charge is 0.123 e. The summed E-state index contributed by atoms with van der Waals surface area (Å²) in [5, 5.41) is 3.21. The molecule has 4 nitrogen and oxygen atoms in total. The maximum atomic E-state index is 5.96. The molecular formula is C21H22N2O2S. The van der Waals surface area contributed by atoms with E-state index in [-0.39, 0.29) is 6.10 Å². The van der Waals surface area contributed by atoms with E-state index in [1.807, 2.05) is 18.2 Å². The molecule has 4 rings (SSSR count). The summed E-state index contributed by atoms with van der Waals surface area (Å²) >= 11 is 1.69. The third kappa shape index (κ3) is 3.96. The van der Waals surface area contributed by atoms with Gasteiger partial charge in [0.25, 0.3) is 0 Å². The average molecular weight is 366 g/mol. The number of aromatic nitrogens is 1. The van der Waals surface area contributed by atoms with E-state index in [9.17, 15) is 0 Å². The van der Waals surface area contributed by atoms with Crippen LogP contribution in [0.2, 0.25) is 0 Å². The predicted octanol–water partition coefficient (Wildman–Crippen LogP) is 4.39. The second kappa shape index (κ2) is 7.99. The molecule has 0 N–H and O–H groups in total. The zero-order valence-electron chi connectivity index (χ0n) is 14.8. The Morgan fingerprint density at radius 2 is 1.96 bits per heavy atom. The first-order chi connectivity index (χ1) is 12.8. The third-order valence-corrected chi connectivity index (χ3v) is 5.54. The highest BCUT2D eigenvalue weighted by Crippen LogP contribution is 2.27. The highest BCUT2D eigenvalue weighted by Gasteiger charge is 2.22. The van der Waals surface area contributed by atoms with E-state index in [0.29, 0.717) is 0 Å². The Bertz CT molecular complexity index is 833. The van der Waals surface area contributed by atoms with E-state index in [0.717, 1.165) is 48.3 Å². The van der Waals surface area contributed by atoms with Crippen molar-refractivity contribution in [3.8, 4) is 16.3 Å². The van der Waals surface area contributed by atoms with Gasteiger partial charge in [0, 0.05) is 30.6 Å². The second-order valence-electron chi connectivity index (χ2n) is 6.38. The van der Waals surface area contributed by atoms with E-state index in [1.165, 1.54) is 5.56 Å². The fourth-order valence-electron chi connectivity index (χ4n) is 3.19. The Kier molecular flexibility index (Phi) is 5.29. The molecule has 0 radical (unpaired) electrons. The van der Waals surface area contributed by atoms with Crippen molar-refractivity contribution in [1.82, 2.24) is 9.88 Å². The van der Waals surface area contributed by atoms with Crippen LogP contribution in [0.25, 0.3) is 10.6 Å². The molecular weight excluding hydrogens is 344 g/mol. The van der Waals surface area contributed by atoms with Crippen LogP contribution in [0.5, 0.6) is 5.75 Å². The average Bonchev–Trinajstić information content (AvgIpc) is 3.17. The number of rotatable bonds is 5. The van der Waals surface area contributed by atoms with Crippen LogP contribution in [-0.4, -0.2) is 36.7 Å². The maximum absolute atomic E-state index is 5.96. The van der Waals surface area contributed by atoms with E-state index in [4.69, 9.17) is 14.5 Å². The lowest BCUT2D eigenvalue weighted by molar-refractivity contribution is -0.0332. The van der Waals surface area contributed by atoms with E-state index < -0.39 is 0 Å². The van der Waals surface area contributed by atoms with Crippen molar-refractivity contribution >= 4 is 11.3 Å². The minimum Gasteiger partial charge on any atom is -0.497 e. The minimum atomic E-state index is 0.143. The molecule has 134 valence electrons. The number of morpholine rings is 1. The van der Waals surface area contributed by atoms with Crippen LogP contribution >= 0.6 is 11.3 Å². The first kappa shape index (κ1) is 17.2. The van der Waals surface area contributed by atoms with Gasteiger partial charge in [0.15, 0.2) is 0 Å². The van der Waals surface area contributed by atoms with Crippen LogP contribution in [0.3, 0.4) is 0 Å². The molecule has 5 heteroatoms. The molecule has 0 bridgehead atoms. The quantitative estimate of drug-likeness (QED) is 0.671. The van der Waals surface area contributed by atoms with Gasteiger partial charge < -0.3 is 9.47 Å². The van der Waals surface area contributed by atoms with Gasteiger partial charge in [-0.1, -0.05) is 30.3 Å². The lowest BCUT2D eigenvalue weighted by Gasteiger charge is -2.32. The lowest BCUT2D eigenvalue weighted by Crippen LogP contribution is -2.37. The highest BCUT2D eigenvalue weighted by atomic mass is 32.1. The SMILES string of the molecule is COc1ccc(-c2nc(CN3CCOC(c4ccccc4)C3)cs2)cc1. The third-order valence-electron chi connectivity index (χ3n) is 4.60. The molecule has 0 aliphatic carbocycles. The zero-order valence-corrected chi connectivity index (χ0v) is 15.6. The Labute approximate surface area is 158 Å². The Hall–Kier alpha value is -2.21. The van der Waals surface area contributed by atoms with Crippen molar-refractivity contribution in [2.45, 2.75) is 12.6 Å². The Balaban J connectivity index is 1.42. The molecule has 26 heavy (non-hydrogen) atoms. The van der Waals surface area contributed by atoms with Gasteiger partial charge in [-0.05, 0) is 29.8 Å². The normalized spacial score (nSPS) is 18.0. The van der Waals surface area contributed by atoms with Crippen molar-refractivity contribution < 1.29 is 9.47 Å².